The maximum absolute atomic E-state index is 12.8. The lowest BCUT2D eigenvalue weighted by atomic mass is 10.2. The number of hydrogen-bond donors (Lipinski definition) is 3. The minimum absolute atomic E-state index is 0.0490. The Hall–Kier alpha value is -3.68. The van der Waals surface area contributed by atoms with Gasteiger partial charge in [0.1, 0.15) is 12.3 Å². The number of benzene rings is 2. The third-order valence-electron chi connectivity index (χ3n) is 7.69. The molecule has 3 atom stereocenters. The highest BCUT2D eigenvalue weighted by Gasteiger charge is 2.54. The number of carbonyl (C=O) groups excluding carboxylic acids is 1. The van der Waals surface area contributed by atoms with Crippen molar-refractivity contribution in [2.75, 3.05) is 11.9 Å². The molecule has 0 aliphatic carbocycles. The van der Waals surface area contributed by atoms with Crippen LogP contribution in [-0.2, 0) is 18.8 Å². The van der Waals surface area contributed by atoms with Crippen LogP contribution in [0.3, 0.4) is 0 Å². The zero-order valence-corrected chi connectivity index (χ0v) is 25.5. The van der Waals surface area contributed by atoms with Gasteiger partial charge in [-0.1, -0.05) is 95.3 Å². The van der Waals surface area contributed by atoms with E-state index >= 15 is 0 Å². The van der Waals surface area contributed by atoms with Gasteiger partial charge in [0.2, 0.25) is 11.9 Å². The van der Waals surface area contributed by atoms with Crippen molar-refractivity contribution in [3.05, 3.63) is 77.3 Å². The van der Waals surface area contributed by atoms with Crippen molar-refractivity contribution in [2.45, 2.75) is 64.5 Å². The molecule has 4 N–H and O–H groups in total. The van der Waals surface area contributed by atoms with Crippen LogP contribution in [0.1, 0.15) is 47.3 Å². The van der Waals surface area contributed by atoms with Crippen molar-refractivity contribution in [3.8, 4) is 0 Å². The van der Waals surface area contributed by atoms with Gasteiger partial charge in [-0.15, -0.1) is 0 Å². The van der Waals surface area contributed by atoms with E-state index in [0.29, 0.717) is 12.1 Å². The minimum Gasteiger partial charge on any atom is -0.402 e. The van der Waals surface area contributed by atoms with Gasteiger partial charge in [0.15, 0.2) is 11.2 Å². The molecule has 0 bridgehead atoms. The van der Waals surface area contributed by atoms with Crippen molar-refractivity contribution in [2.24, 2.45) is 11.8 Å². The molecule has 1 amide bonds. The van der Waals surface area contributed by atoms with Crippen LogP contribution in [-0.4, -0.2) is 52.6 Å². The number of aromatic amines is 1. The molecule has 0 spiro atoms. The molecule has 1 fully saturated rings. The first-order valence-electron chi connectivity index (χ1n) is 14.1. The second kappa shape index (κ2) is 11.9. The average Bonchev–Trinajstić information content (AvgIpc) is 3.56. The van der Waals surface area contributed by atoms with Crippen LogP contribution in [0.25, 0.3) is 11.2 Å². The molecule has 42 heavy (non-hydrogen) atoms. The monoisotopic (exact) mass is 590 g/mol. The smallest absolute Gasteiger partial charge is 0.280 e. The van der Waals surface area contributed by atoms with E-state index in [2.05, 4.69) is 65.3 Å². The highest BCUT2D eigenvalue weighted by molar-refractivity contribution is 6.99. The van der Waals surface area contributed by atoms with E-state index in [0.717, 1.165) is 10.4 Å². The zero-order valence-electron chi connectivity index (χ0n) is 24.5. The molecule has 2 aromatic heterocycles. The van der Waals surface area contributed by atoms with Crippen molar-refractivity contribution in [1.82, 2.24) is 19.5 Å². The zero-order chi connectivity index (χ0) is 30.1. The summed E-state index contributed by atoms with van der Waals surface area (Å²) in [6.07, 6.45) is 0.496. The quantitative estimate of drug-likeness (QED) is 0.199. The largest absolute Gasteiger partial charge is 0.402 e. The maximum Gasteiger partial charge on any atom is 0.280 e. The third kappa shape index (κ3) is 5.55. The Balaban J connectivity index is 1.55. The van der Waals surface area contributed by atoms with Crippen LogP contribution < -0.4 is 27.1 Å². The summed E-state index contributed by atoms with van der Waals surface area (Å²) >= 11 is 0. The molecule has 222 valence electrons. The van der Waals surface area contributed by atoms with Gasteiger partial charge >= 0.3 is 0 Å². The van der Waals surface area contributed by atoms with E-state index in [-0.39, 0.29) is 34.9 Å². The minimum atomic E-state index is -2.92. The van der Waals surface area contributed by atoms with Crippen LogP contribution in [0.2, 0.25) is 5.04 Å². The van der Waals surface area contributed by atoms with Gasteiger partial charge in [-0.05, 0) is 15.4 Å². The molecule has 3 heterocycles. The van der Waals surface area contributed by atoms with Gasteiger partial charge in [0, 0.05) is 12.3 Å². The number of aromatic nitrogens is 4. The number of H-pyrrole nitrogens is 1. The summed E-state index contributed by atoms with van der Waals surface area (Å²) in [6, 6.07) is 20.7. The predicted molar refractivity (Wildman–Crippen MR) is 163 cm³/mol. The molecular weight excluding hydrogens is 552 g/mol. The maximum atomic E-state index is 12.8. The first kappa shape index (κ1) is 29.8. The number of carbonyl (C=O) groups is 1. The van der Waals surface area contributed by atoms with E-state index in [4.69, 9.17) is 19.9 Å². The number of nitrogens with one attached hydrogen (secondary N) is 2. The summed E-state index contributed by atoms with van der Waals surface area (Å²) in [4.78, 5) is 41.6. The number of nitrogens with zero attached hydrogens (tertiary/aromatic N) is 3. The van der Waals surface area contributed by atoms with Gasteiger partial charge in [-0.2, -0.15) is 4.98 Å². The fourth-order valence-corrected chi connectivity index (χ4v) is 10.3. The molecule has 4 aromatic rings. The molecule has 12 heteroatoms. The lowest BCUT2D eigenvalue weighted by Crippen LogP contribution is -2.68. The number of amides is 1. The number of ether oxygens (including phenoxy) is 1. The standard InChI is InChI=1S/C30H38N6O5Si/c1-19(2)27(37)34-29-33-26-25(28(38)35-29)32-18-36(26)24-16-22(23(40-24)17-39-31)41-42(30(3,4)5,20-12-8-6-9-13-20)21-14-10-7-11-15-21/h6-15,18-19,22-24H,16-17,31H2,1-5H3,(H2,33,34,35,37,38)/t22-,23+,24+/m0/s1. The summed E-state index contributed by atoms with van der Waals surface area (Å²) < 4.78 is 15.5. The van der Waals surface area contributed by atoms with Crippen LogP contribution in [0.5, 0.6) is 0 Å². The lowest BCUT2D eigenvalue weighted by Gasteiger charge is -2.45. The number of hydrogen-bond acceptors (Lipinski definition) is 8. The molecule has 2 aromatic carbocycles. The molecule has 0 saturated carbocycles. The summed E-state index contributed by atoms with van der Waals surface area (Å²) in [5.41, 5.74) is -0.0248. The summed E-state index contributed by atoms with van der Waals surface area (Å²) in [5.74, 6) is 5.06. The highest BCUT2D eigenvalue weighted by atomic mass is 28.4. The summed E-state index contributed by atoms with van der Waals surface area (Å²) in [7, 11) is -2.92. The number of imidazole rings is 1. The van der Waals surface area contributed by atoms with Crippen LogP contribution >= 0.6 is 0 Å². The number of rotatable bonds is 9. The topological polar surface area (TPSA) is 146 Å². The Morgan fingerprint density at radius 1 is 1.14 bits per heavy atom. The number of fused-ring (bicyclic) bond motifs is 1. The van der Waals surface area contributed by atoms with Gasteiger partial charge < -0.3 is 14.0 Å². The molecule has 11 nitrogen and oxygen atoms in total. The van der Waals surface area contributed by atoms with Gasteiger partial charge in [-0.25, -0.2) is 10.9 Å². The molecule has 0 unspecified atom stereocenters. The Morgan fingerprint density at radius 3 is 2.31 bits per heavy atom. The molecule has 0 radical (unpaired) electrons. The van der Waals surface area contributed by atoms with Crippen molar-refractivity contribution < 1.29 is 18.8 Å². The molecule has 5 rings (SSSR count). The van der Waals surface area contributed by atoms with Crippen molar-refractivity contribution >= 4 is 41.7 Å². The second-order valence-electron chi connectivity index (χ2n) is 11.9. The Morgan fingerprint density at radius 2 is 1.76 bits per heavy atom. The normalized spacial score (nSPS) is 19.5. The molecule has 1 saturated heterocycles. The first-order chi connectivity index (χ1) is 20.0. The lowest BCUT2D eigenvalue weighted by molar-refractivity contribution is -0.118. The SMILES string of the molecule is CC(C)C(=O)Nc1nc2c(ncn2[C@H]2C[C@H](O[Si](c3ccccc3)(c3ccccc3)C(C)(C)C)[C@@H](CON)O2)c(=O)[nH]1. The molecule has 1 aliphatic heterocycles. The van der Waals surface area contributed by atoms with E-state index < -0.39 is 32.3 Å². The molecule has 1 aliphatic rings. The van der Waals surface area contributed by atoms with Crippen LogP contribution in [0, 0.1) is 5.92 Å². The number of anilines is 1. The fraction of sp³-hybridized carbons (Fsp3) is 0.400. The Kier molecular flexibility index (Phi) is 8.44. The highest BCUT2D eigenvalue weighted by Crippen LogP contribution is 2.41. The summed E-state index contributed by atoms with van der Waals surface area (Å²) in [6.45, 7) is 10.3. The average molecular weight is 591 g/mol. The van der Waals surface area contributed by atoms with E-state index in [1.54, 1.807) is 18.4 Å². The van der Waals surface area contributed by atoms with E-state index in [1.165, 1.54) is 6.33 Å². The van der Waals surface area contributed by atoms with Crippen LogP contribution in [0.15, 0.2) is 71.8 Å². The van der Waals surface area contributed by atoms with Gasteiger partial charge in [-0.3, -0.25) is 24.5 Å². The number of nitrogens with two attached hydrogens (primary N) is 1. The predicted octanol–water partition coefficient (Wildman–Crippen LogP) is 2.84. The first-order valence-corrected chi connectivity index (χ1v) is 16.0. The Labute approximate surface area is 245 Å². The third-order valence-corrected chi connectivity index (χ3v) is 12.8. The summed E-state index contributed by atoms with van der Waals surface area (Å²) in [5, 5.41) is 4.70. The van der Waals surface area contributed by atoms with Crippen molar-refractivity contribution in [3.63, 3.8) is 0 Å². The van der Waals surface area contributed by atoms with E-state index in [1.807, 2.05) is 36.4 Å². The van der Waals surface area contributed by atoms with Crippen LogP contribution in [0.4, 0.5) is 5.95 Å². The van der Waals surface area contributed by atoms with Gasteiger partial charge in [0.25, 0.3) is 13.9 Å². The van der Waals surface area contributed by atoms with E-state index in [9.17, 15) is 9.59 Å². The Bertz CT molecular complexity index is 1550. The van der Waals surface area contributed by atoms with Gasteiger partial charge in [0.05, 0.1) is 19.0 Å². The molecular formula is C30H38N6O5Si. The fourth-order valence-electron chi connectivity index (χ4n) is 5.62. The second-order valence-corrected chi connectivity index (χ2v) is 16.2. The van der Waals surface area contributed by atoms with Crippen molar-refractivity contribution in [1.29, 1.82) is 0 Å².